The standard InChI is InChI=1S/C11H16O3/c1-3-6-13-10(12)11(2)5-4-8-9(7-11)14-8/h3,8-9H,1,4-7H2,2H3/t8?,9-,11?/m0/s1. The number of rotatable bonds is 3. The molecule has 1 heterocycles. The van der Waals surface area contributed by atoms with E-state index in [9.17, 15) is 4.79 Å². The van der Waals surface area contributed by atoms with E-state index in [0.717, 1.165) is 19.3 Å². The smallest absolute Gasteiger partial charge is 0.312 e. The van der Waals surface area contributed by atoms with Crippen molar-refractivity contribution in [2.24, 2.45) is 5.41 Å². The Morgan fingerprint density at radius 3 is 3.14 bits per heavy atom. The summed E-state index contributed by atoms with van der Waals surface area (Å²) in [5, 5.41) is 0. The summed E-state index contributed by atoms with van der Waals surface area (Å²) < 4.78 is 10.5. The number of carbonyl (C=O) groups excluding carboxylic acids is 1. The van der Waals surface area contributed by atoms with Gasteiger partial charge in [0.25, 0.3) is 0 Å². The fourth-order valence-corrected chi connectivity index (χ4v) is 2.11. The van der Waals surface area contributed by atoms with Crippen molar-refractivity contribution in [2.75, 3.05) is 6.61 Å². The summed E-state index contributed by atoms with van der Waals surface area (Å²) in [6.07, 6.45) is 5.02. The maximum absolute atomic E-state index is 11.7. The first kappa shape index (κ1) is 9.71. The van der Waals surface area contributed by atoms with Gasteiger partial charge in [-0.15, -0.1) is 0 Å². The number of ether oxygens (including phenoxy) is 2. The van der Waals surface area contributed by atoms with Crippen molar-refractivity contribution in [1.29, 1.82) is 0 Å². The molecular weight excluding hydrogens is 180 g/mol. The summed E-state index contributed by atoms with van der Waals surface area (Å²) in [5.74, 6) is -0.105. The molecule has 1 aliphatic carbocycles. The minimum atomic E-state index is -0.333. The van der Waals surface area contributed by atoms with Crippen LogP contribution in [0.3, 0.4) is 0 Å². The molecule has 2 fully saturated rings. The van der Waals surface area contributed by atoms with Gasteiger partial charge < -0.3 is 9.47 Å². The molecule has 0 aromatic carbocycles. The van der Waals surface area contributed by atoms with E-state index in [-0.39, 0.29) is 11.4 Å². The van der Waals surface area contributed by atoms with Crippen LogP contribution in [0.5, 0.6) is 0 Å². The van der Waals surface area contributed by atoms with Crippen molar-refractivity contribution in [3.8, 4) is 0 Å². The van der Waals surface area contributed by atoms with Crippen LogP contribution in [0.2, 0.25) is 0 Å². The summed E-state index contributed by atoms with van der Waals surface area (Å²) >= 11 is 0. The zero-order chi connectivity index (χ0) is 10.2. The molecule has 3 heteroatoms. The molecule has 3 atom stereocenters. The van der Waals surface area contributed by atoms with Crippen molar-refractivity contribution >= 4 is 5.97 Å². The maximum atomic E-state index is 11.7. The first-order chi connectivity index (χ1) is 6.65. The largest absolute Gasteiger partial charge is 0.461 e. The molecule has 2 aliphatic rings. The van der Waals surface area contributed by atoms with Crippen LogP contribution in [0.25, 0.3) is 0 Å². The molecule has 78 valence electrons. The average molecular weight is 196 g/mol. The van der Waals surface area contributed by atoms with Crippen LogP contribution in [-0.2, 0) is 14.3 Å². The molecule has 0 amide bonds. The molecule has 2 unspecified atom stereocenters. The van der Waals surface area contributed by atoms with Gasteiger partial charge in [-0.05, 0) is 26.2 Å². The van der Waals surface area contributed by atoms with Gasteiger partial charge in [0.05, 0.1) is 17.6 Å². The van der Waals surface area contributed by atoms with Gasteiger partial charge in [0.1, 0.15) is 6.61 Å². The first-order valence-corrected chi connectivity index (χ1v) is 5.09. The molecule has 0 aromatic heterocycles. The Kier molecular flexibility index (Phi) is 2.35. The van der Waals surface area contributed by atoms with Crippen molar-refractivity contribution < 1.29 is 14.3 Å². The van der Waals surface area contributed by atoms with E-state index >= 15 is 0 Å². The quantitative estimate of drug-likeness (QED) is 0.391. The van der Waals surface area contributed by atoms with Crippen LogP contribution in [0.15, 0.2) is 12.7 Å². The fraction of sp³-hybridized carbons (Fsp3) is 0.727. The number of carbonyl (C=O) groups is 1. The molecule has 1 saturated carbocycles. The highest BCUT2D eigenvalue weighted by atomic mass is 16.6. The minimum absolute atomic E-state index is 0.105. The lowest BCUT2D eigenvalue weighted by atomic mass is 9.76. The van der Waals surface area contributed by atoms with Gasteiger partial charge >= 0.3 is 5.97 Å². The van der Waals surface area contributed by atoms with Crippen LogP contribution in [0.4, 0.5) is 0 Å². The SMILES string of the molecule is C=CCOC(=O)C1(C)CCC2O[C@H]2C1. The Morgan fingerprint density at radius 1 is 1.71 bits per heavy atom. The lowest BCUT2D eigenvalue weighted by Gasteiger charge is -2.28. The Balaban J connectivity index is 1.93. The Hall–Kier alpha value is -0.830. The molecular formula is C11H16O3. The minimum Gasteiger partial charge on any atom is -0.461 e. The van der Waals surface area contributed by atoms with Crippen LogP contribution in [-0.4, -0.2) is 24.8 Å². The van der Waals surface area contributed by atoms with Crippen molar-refractivity contribution in [3.05, 3.63) is 12.7 Å². The van der Waals surface area contributed by atoms with Crippen LogP contribution in [0.1, 0.15) is 26.2 Å². The van der Waals surface area contributed by atoms with Crippen LogP contribution >= 0.6 is 0 Å². The van der Waals surface area contributed by atoms with E-state index in [1.807, 2.05) is 6.92 Å². The number of hydrogen-bond acceptors (Lipinski definition) is 3. The normalized spacial score (nSPS) is 39.8. The molecule has 0 aromatic rings. The second-order valence-corrected chi connectivity index (χ2v) is 4.40. The number of epoxide rings is 1. The van der Waals surface area contributed by atoms with Crippen LogP contribution in [0, 0.1) is 5.41 Å². The van der Waals surface area contributed by atoms with E-state index in [4.69, 9.17) is 9.47 Å². The monoisotopic (exact) mass is 196 g/mol. The fourth-order valence-electron chi connectivity index (χ4n) is 2.11. The van der Waals surface area contributed by atoms with Crippen molar-refractivity contribution in [1.82, 2.24) is 0 Å². The molecule has 0 bridgehead atoms. The molecule has 0 spiro atoms. The summed E-state index contributed by atoms with van der Waals surface area (Å²) in [6, 6.07) is 0. The van der Waals surface area contributed by atoms with Gasteiger partial charge in [0, 0.05) is 0 Å². The Bertz CT molecular complexity index is 261. The Morgan fingerprint density at radius 2 is 2.50 bits per heavy atom. The van der Waals surface area contributed by atoms with Crippen molar-refractivity contribution in [2.45, 2.75) is 38.4 Å². The maximum Gasteiger partial charge on any atom is 0.312 e. The second kappa shape index (κ2) is 3.39. The zero-order valence-corrected chi connectivity index (χ0v) is 8.49. The van der Waals surface area contributed by atoms with E-state index in [1.165, 1.54) is 0 Å². The van der Waals surface area contributed by atoms with E-state index in [1.54, 1.807) is 6.08 Å². The average Bonchev–Trinajstić information content (AvgIpc) is 2.91. The van der Waals surface area contributed by atoms with Gasteiger partial charge in [-0.3, -0.25) is 4.79 Å². The summed E-state index contributed by atoms with van der Waals surface area (Å²) in [6.45, 7) is 5.80. The lowest BCUT2D eigenvalue weighted by Crippen LogP contribution is -2.34. The lowest BCUT2D eigenvalue weighted by molar-refractivity contribution is -0.155. The highest BCUT2D eigenvalue weighted by Crippen LogP contribution is 2.46. The third-order valence-electron chi connectivity index (χ3n) is 3.15. The number of fused-ring (bicyclic) bond motifs is 1. The third-order valence-corrected chi connectivity index (χ3v) is 3.15. The topological polar surface area (TPSA) is 38.8 Å². The summed E-state index contributed by atoms with van der Waals surface area (Å²) in [4.78, 5) is 11.7. The molecule has 2 rings (SSSR count). The highest BCUT2D eigenvalue weighted by Gasteiger charge is 2.52. The zero-order valence-electron chi connectivity index (χ0n) is 8.49. The molecule has 1 saturated heterocycles. The summed E-state index contributed by atoms with van der Waals surface area (Å²) in [5.41, 5.74) is -0.333. The molecule has 3 nitrogen and oxygen atoms in total. The van der Waals surface area contributed by atoms with Gasteiger partial charge in [-0.25, -0.2) is 0 Å². The van der Waals surface area contributed by atoms with E-state index in [2.05, 4.69) is 6.58 Å². The predicted molar refractivity (Wildman–Crippen MR) is 51.8 cm³/mol. The predicted octanol–water partition coefficient (Wildman–Crippen LogP) is 1.67. The Labute approximate surface area is 84.1 Å². The molecule has 0 radical (unpaired) electrons. The first-order valence-electron chi connectivity index (χ1n) is 5.09. The molecule has 0 N–H and O–H groups in total. The number of esters is 1. The second-order valence-electron chi connectivity index (χ2n) is 4.40. The van der Waals surface area contributed by atoms with Gasteiger partial charge in [0.2, 0.25) is 0 Å². The summed E-state index contributed by atoms with van der Waals surface area (Å²) in [7, 11) is 0. The molecule has 1 aliphatic heterocycles. The van der Waals surface area contributed by atoms with E-state index < -0.39 is 0 Å². The third kappa shape index (κ3) is 1.69. The highest BCUT2D eigenvalue weighted by molar-refractivity contribution is 5.76. The van der Waals surface area contributed by atoms with E-state index in [0.29, 0.717) is 18.8 Å². The van der Waals surface area contributed by atoms with Gasteiger partial charge in [-0.2, -0.15) is 0 Å². The van der Waals surface area contributed by atoms with Gasteiger partial charge in [-0.1, -0.05) is 12.7 Å². The van der Waals surface area contributed by atoms with Gasteiger partial charge in [0.15, 0.2) is 0 Å². The van der Waals surface area contributed by atoms with Crippen LogP contribution < -0.4 is 0 Å². The van der Waals surface area contributed by atoms with Crippen molar-refractivity contribution in [3.63, 3.8) is 0 Å². The molecule has 14 heavy (non-hydrogen) atoms. The number of hydrogen-bond donors (Lipinski definition) is 0.